The molecular weight excluding hydrogens is 619 g/mol. The van der Waals surface area contributed by atoms with Crippen molar-refractivity contribution in [2.24, 2.45) is 17.8 Å². The maximum absolute atomic E-state index is 6.65. The van der Waals surface area contributed by atoms with Crippen LogP contribution in [-0.4, -0.2) is 0 Å². The van der Waals surface area contributed by atoms with Gasteiger partial charge in [-0.1, -0.05) is 98.8 Å². The normalized spacial score (nSPS) is 25.5. The number of nitrogens with zero attached hydrogens (tertiary/aromatic N) is 1. The van der Waals surface area contributed by atoms with Crippen LogP contribution in [-0.2, 0) is 10.8 Å². The number of fused-ring (bicyclic) bond motifs is 5. The van der Waals surface area contributed by atoms with Gasteiger partial charge in [0.05, 0.1) is 5.69 Å². The van der Waals surface area contributed by atoms with Gasteiger partial charge in [-0.2, -0.15) is 0 Å². The standard InChI is InChI=1S/C49H45NO/c1-48(2)43-11-5-3-8-39(43)40-23-22-38(27-44(40)48)50(45-12-7-10-42-41-9-4-6-13-46(41)51-47(42)45)37-20-16-35(17-21-37)34-14-18-36(19-15-34)49-28-31-24-32(29-49)26-33(25-31)30-49/h4-7,9-23,27,31-33H,3,8,24-26,28-30H2,1-2H3. The largest absolute Gasteiger partial charge is 0.454 e. The van der Waals surface area contributed by atoms with Crippen molar-refractivity contribution in [3.05, 3.63) is 144 Å². The van der Waals surface area contributed by atoms with Gasteiger partial charge in [-0.25, -0.2) is 0 Å². The van der Waals surface area contributed by atoms with Crippen molar-refractivity contribution in [3.8, 4) is 11.1 Å². The summed E-state index contributed by atoms with van der Waals surface area (Å²) < 4.78 is 6.65. The number of anilines is 3. The highest BCUT2D eigenvalue weighted by Crippen LogP contribution is 2.61. The van der Waals surface area contributed by atoms with Crippen LogP contribution in [0, 0.1) is 17.8 Å². The van der Waals surface area contributed by atoms with Gasteiger partial charge in [-0.3, -0.25) is 0 Å². The first kappa shape index (κ1) is 29.9. The van der Waals surface area contributed by atoms with Gasteiger partial charge in [0.2, 0.25) is 0 Å². The second-order valence-electron chi connectivity index (χ2n) is 17.1. The van der Waals surface area contributed by atoms with E-state index in [-0.39, 0.29) is 5.41 Å². The summed E-state index contributed by atoms with van der Waals surface area (Å²) in [5, 5.41) is 2.30. The first-order valence-corrected chi connectivity index (χ1v) is 19.4. The lowest BCUT2D eigenvalue weighted by molar-refractivity contribution is -0.00518. The van der Waals surface area contributed by atoms with Crippen molar-refractivity contribution in [1.82, 2.24) is 0 Å². The summed E-state index contributed by atoms with van der Waals surface area (Å²) in [5.74, 6) is 2.89. The third kappa shape index (κ3) is 4.48. The summed E-state index contributed by atoms with van der Waals surface area (Å²) in [6, 6.07) is 41.1. The average molecular weight is 664 g/mol. The van der Waals surface area contributed by atoms with Crippen LogP contribution in [0.3, 0.4) is 0 Å². The predicted octanol–water partition coefficient (Wildman–Crippen LogP) is 13.6. The van der Waals surface area contributed by atoms with Gasteiger partial charge >= 0.3 is 0 Å². The van der Waals surface area contributed by atoms with E-state index in [2.05, 4.69) is 140 Å². The van der Waals surface area contributed by atoms with E-state index in [9.17, 15) is 0 Å². The van der Waals surface area contributed by atoms with E-state index >= 15 is 0 Å². The molecule has 0 radical (unpaired) electrons. The van der Waals surface area contributed by atoms with Gasteiger partial charge in [-0.15, -0.1) is 0 Å². The molecule has 0 atom stereocenters. The van der Waals surface area contributed by atoms with E-state index in [4.69, 9.17) is 4.42 Å². The fourth-order valence-corrected chi connectivity index (χ4v) is 11.7. The van der Waals surface area contributed by atoms with Crippen LogP contribution in [0.1, 0.15) is 81.9 Å². The lowest BCUT2D eigenvalue weighted by Gasteiger charge is -2.57. The molecule has 0 N–H and O–H groups in total. The average Bonchev–Trinajstić information content (AvgIpc) is 3.64. The smallest absolute Gasteiger partial charge is 0.159 e. The molecule has 12 rings (SSSR count). The lowest BCUT2D eigenvalue weighted by Crippen LogP contribution is -2.48. The number of allylic oxidation sites excluding steroid dienone is 4. The summed E-state index contributed by atoms with van der Waals surface area (Å²) in [6.45, 7) is 4.78. The molecule has 1 aromatic heterocycles. The van der Waals surface area contributed by atoms with Crippen LogP contribution >= 0.6 is 0 Å². The molecule has 6 aromatic rings. The lowest BCUT2D eigenvalue weighted by atomic mass is 9.48. The Labute approximate surface area is 301 Å². The Kier molecular flexibility index (Phi) is 6.35. The Morgan fingerprint density at radius 2 is 1.33 bits per heavy atom. The molecule has 4 bridgehead atoms. The number of rotatable bonds is 5. The molecule has 5 aromatic carbocycles. The Morgan fingerprint density at radius 3 is 2.08 bits per heavy atom. The van der Waals surface area contributed by atoms with Crippen LogP contribution in [0.4, 0.5) is 17.1 Å². The fourth-order valence-electron chi connectivity index (χ4n) is 11.7. The van der Waals surface area contributed by atoms with Crippen molar-refractivity contribution in [3.63, 3.8) is 0 Å². The molecule has 0 unspecified atom stereocenters. The summed E-state index contributed by atoms with van der Waals surface area (Å²) in [6.07, 6.45) is 15.7. The molecule has 4 fully saturated rings. The van der Waals surface area contributed by atoms with Crippen LogP contribution in [0.25, 0.3) is 38.6 Å². The molecule has 2 nitrogen and oxygen atoms in total. The fraction of sp³-hybridized carbons (Fsp3) is 0.306. The van der Waals surface area contributed by atoms with E-state index in [1.807, 2.05) is 0 Å². The van der Waals surface area contributed by atoms with Crippen LogP contribution in [0.15, 0.2) is 131 Å². The van der Waals surface area contributed by atoms with Crippen molar-refractivity contribution < 1.29 is 4.42 Å². The molecule has 0 aliphatic heterocycles. The summed E-state index contributed by atoms with van der Waals surface area (Å²) in [4.78, 5) is 2.41. The first-order valence-electron chi connectivity index (χ1n) is 19.4. The third-order valence-corrected chi connectivity index (χ3v) is 13.7. The Hall–Kier alpha value is -4.82. The van der Waals surface area contributed by atoms with E-state index in [1.54, 1.807) is 5.56 Å². The van der Waals surface area contributed by atoms with E-state index in [0.717, 1.165) is 69.6 Å². The third-order valence-electron chi connectivity index (χ3n) is 13.7. The Balaban J connectivity index is 0.995. The van der Waals surface area contributed by atoms with E-state index < -0.39 is 0 Å². The van der Waals surface area contributed by atoms with Crippen LogP contribution in [0.5, 0.6) is 0 Å². The molecule has 0 saturated heterocycles. The Bertz CT molecular complexity index is 2380. The number of para-hydroxylation sites is 2. The summed E-state index contributed by atoms with van der Waals surface area (Å²) in [5.41, 5.74) is 15.6. The minimum atomic E-state index is -0.0408. The summed E-state index contributed by atoms with van der Waals surface area (Å²) >= 11 is 0. The topological polar surface area (TPSA) is 16.4 Å². The molecule has 4 saturated carbocycles. The zero-order valence-electron chi connectivity index (χ0n) is 29.8. The summed E-state index contributed by atoms with van der Waals surface area (Å²) in [7, 11) is 0. The molecule has 1 heterocycles. The van der Waals surface area contributed by atoms with E-state index in [1.165, 1.54) is 71.9 Å². The molecule has 0 spiro atoms. The van der Waals surface area contributed by atoms with Crippen molar-refractivity contribution >= 4 is 44.6 Å². The van der Waals surface area contributed by atoms with Crippen LogP contribution < -0.4 is 4.90 Å². The molecular formula is C49H45NO. The van der Waals surface area contributed by atoms with Crippen molar-refractivity contribution in [1.29, 1.82) is 0 Å². The molecule has 6 aliphatic carbocycles. The minimum absolute atomic E-state index is 0.0408. The second kappa shape index (κ2) is 10.8. The highest BCUT2D eigenvalue weighted by Gasteiger charge is 2.51. The number of hydrogen-bond donors (Lipinski definition) is 0. The predicted molar refractivity (Wildman–Crippen MR) is 212 cm³/mol. The van der Waals surface area contributed by atoms with Gasteiger partial charge in [0.25, 0.3) is 0 Å². The van der Waals surface area contributed by atoms with Gasteiger partial charge in [0.15, 0.2) is 5.58 Å². The number of benzene rings is 5. The SMILES string of the molecule is CC1(C)C2=C(CCC=C2)c2ccc(N(c3ccc(-c4ccc(C56CC7CC(CC(C7)C5)C6)cc4)cc3)c3cccc4c3oc3ccccc34)cc21. The van der Waals surface area contributed by atoms with Gasteiger partial charge in [0.1, 0.15) is 5.58 Å². The highest BCUT2D eigenvalue weighted by atomic mass is 16.3. The first-order chi connectivity index (χ1) is 24.9. The zero-order chi connectivity index (χ0) is 33.9. The van der Waals surface area contributed by atoms with Gasteiger partial charge in [0, 0.05) is 27.6 Å². The second-order valence-corrected chi connectivity index (χ2v) is 17.1. The highest BCUT2D eigenvalue weighted by molar-refractivity contribution is 6.10. The molecule has 252 valence electrons. The van der Waals surface area contributed by atoms with Crippen molar-refractivity contribution in [2.45, 2.75) is 76.0 Å². The maximum Gasteiger partial charge on any atom is 0.159 e. The number of furan rings is 1. The number of hydrogen-bond acceptors (Lipinski definition) is 2. The quantitative estimate of drug-likeness (QED) is 0.182. The molecule has 51 heavy (non-hydrogen) atoms. The van der Waals surface area contributed by atoms with Gasteiger partial charge < -0.3 is 9.32 Å². The maximum atomic E-state index is 6.65. The molecule has 6 aliphatic rings. The monoisotopic (exact) mass is 663 g/mol. The van der Waals surface area contributed by atoms with E-state index in [0.29, 0.717) is 5.41 Å². The van der Waals surface area contributed by atoms with Gasteiger partial charge in [-0.05, 0) is 150 Å². The zero-order valence-corrected chi connectivity index (χ0v) is 29.8. The Morgan fingerprint density at radius 1 is 0.667 bits per heavy atom. The van der Waals surface area contributed by atoms with Crippen molar-refractivity contribution in [2.75, 3.05) is 4.90 Å². The molecule has 0 amide bonds. The van der Waals surface area contributed by atoms with Crippen LogP contribution in [0.2, 0.25) is 0 Å². The molecule has 2 heteroatoms. The minimum Gasteiger partial charge on any atom is -0.454 e.